The van der Waals surface area contributed by atoms with Crippen molar-refractivity contribution in [2.45, 2.75) is 58.5 Å². The molecular weight excluding hydrogens is 188 g/mol. The first kappa shape index (κ1) is 12.2. The molecule has 2 N–H and O–H groups in total. The summed E-state index contributed by atoms with van der Waals surface area (Å²) < 4.78 is 1.95. The maximum atomic E-state index is 5.99. The maximum absolute atomic E-state index is 5.99. The van der Waals surface area contributed by atoms with Crippen LogP contribution in [-0.2, 0) is 0 Å². The molecule has 0 aliphatic carbocycles. The van der Waals surface area contributed by atoms with Crippen molar-refractivity contribution in [3.05, 3.63) is 11.9 Å². The highest BCUT2D eigenvalue weighted by molar-refractivity contribution is 4.99. The molecule has 1 heterocycles. The fraction of sp³-hybridized carbons (Fsp3) is 0.818. The Hall–Kier alpha value is -0.900. The lowest BCUT2D eigenvalue weighted by atomic mass is 10.1. The topological polar surface area (TPSA) is 56.7 Å². The first-order chi connectivity index (χ1) is 7.22. The molecule has 4 heteroatoms. The minimum absolute atomic E-state index is 0.0399. The maximum Gasteiger partial charge on any atom is 0.0994 e. The molecule has 0 saturated heterocycles. The Labute approximate surface area is 91.9 Å². The van der Waals surface area contributed by atoms with Gasteiger partial charge in [0.25, 0.3) is 0 Å². The molecule has 0 aliphatic heterocycles. The van der Waals surface area contributed by atoms with Crippen molar-refractivity contribution >= 4 is 0 Å². The zero-order valence-corrected chi connectivity index (χ0v) is 9.98. The number of rotatable bonds is 6. The molecule has 0 aliphatic rings. The first-order valence-corrected chi connectivity index (χ1v) is 5.90. The van der Waals surface area contributed by atoms with Crippen LogP contribution in [0.5, 0.6) is 0 Å². The van der Waals surface area contributed by atoms with Crippen LogP contribution in [0, 0.1) is 0 Å². The molecule has 0 aromatic carbocycles. The molecule has 0 spiro atoms. The zero-order valence-electron chi connectivity index (χ0n) is 9.98. The van der Waals surface area contributed by atoms with Crippen molar-refractivity contribution in [2.75, 3.05) is 0 Å². The van der Waals surface area contributed by atoms with Gasteiger partial charge in [-0.1, -0.05) is 32.4 Å². The van der Waals surface area contributed by atoms with Gasteiger partial charge in [-0.05, 0) is 19.3 Å². The summed E-state index contributed by atoms with van der Waals surface area (Å²) in [6.45, 7) is 6.47. The summed E-state index contributed by atoms with van der Waals surface area (Å²) >= 11 is 0. The fourth-order valence-corrected chi connectivity index (χ4v) is 1.76. The smallest absolute Gasteiger partial charge is 0.0994 e. The van der Waals surface area contributed by atoms with E-state index in [0.29, 0.717) is 6.04 Å². The van der Waals surface area contributed by atoms with Crippen molar-refractivity contribution in [2.24, 2.45) is 5.73 Å². The molecule has 1 rings (SSSR count). The summed E-state index contributed by atoms with van der Waals surface area (Å²) in [6, 6.07) is 0.498. The number of nitrogens with two attached hydrogens (primary N) is 1. The van der Waals surface area contributed by atoms with E-state index in [0.717, 1.165) is 31.4 Å². The van der Waals surface area contributed by atoms with Gasteiger partial charge in [-0.15, -0.1) is 5.10 Å². The van der Waals surface area contributed by atoms with Gasteiger partial charge in [-0.3, -0.25) is 0 Å². The second-order valence-electron chi connectivity index (χ2n) is 3.99. The zero-order chi connectivity index (χ0) is 11.3. The van der Waals surface area contributed by atoms with Gasteiger partial charge in [-0.2, -0.15) is 0 Å². The van der Waals surface area contributed by atoms with Gasteiger partial charge in [0, 0.05) is 0 Å². The number of nitrogens with zero attached hydrogens (tertiary/aromatic N) is 3. The summed E-state index contributed by atoms with van der Waals surface area (Å²) in [4.78, 5) is 0. The van der Waals surface area contributed by atoms with Gasteiger partial charge in [0.2, 0.25) is 0 Å². The molecule has 4 nitrogen and oxygen atoms in total. The van der Waals surface area contributed by atoms with Crippen molar-refractivity contribution in [1.82, 2.24) is 15.0 Å². The third kappa shape index (κ3) is 3.02. The van der Waals surface area contributed by atoms with Crippen molar-refractivity contribution < 1.29 is 0 Å². The van der Waals surface area contributed by atoms with E-state index in [1.807, 2.05) is 10.9 Å². The lowest BCUT2D eigenvalue weighted by Gasteiger charge is -2.11. The predicted molar refractivity (Wildman–Crippen MR) is 61.5 cm³/mol. The summed E-state index contributed by atoms with van der Waals surface area (Å²) in [7, 11) is 0. The van der Waals surface area contributed by atoms with Crippen molar-refractivity contribution in [3.8, 4) is 0 Å². The van der Waals surface area contributed by atoms with E-state index < -0.39 is 0 Å². The molecule has 15 heavy (non-hydrogen) atoms. The summed E-state index contributed by atoms with van der Waals surface area (Å²) in [5, 5.41) is 8.29. The Kier molecular flexibility index (Phi) is 4.75. The molecule has 0 bridgehead atoms. The quantitative estimate of drug-likeness (QED) is 0.784. The summed E-state index contributed by atoms with van der Waals surface area (Å²) in [5.41, 5.74) is 6.91. The first-order valence-electron chi connectivity index (χ1n) is 5.90. The van der Waals surface area contributed by atoms with Gasteiger partial charge < -0.3 is 5.73 Å². The van der Waals surface area contributed by atoms with Crippen LogP contribution in [0.25, 0.3) is 0 Å². The van der Waals surface area contributed by atoms with Crippen LogP contribution in [0.3, 0.4) is 0 Å². The summed E-state index contributed by atoms with van der Waals surface area (Å²) in [5.74, 6) is 0. The van der Waals surface area contributed by atoms with E-state index in [-0.39, 0.29) is 6.04 Å². The van der Waals surface area contributed by atoms with Crippen LogP contribution >= 0.6 is 0 Å². The molecule has 1 aromatic heterocycles. The molecular formula is C11H22N4. The molecule has 1 aromatic rings. The number of aromatic nitrogens is 3. The van der Waals surface area contributed by atoms with Gasteiger partial charge in [0.1, 0.15) is 0 Å². The second-order valence-corrected chi connectivity index (χ2v) is 3.99. The van der Waals surface area contributed by atoms with E-state index in [2.05, 4.69) is 31.1 Å². The minimum Gasteiger partial charge on any atom is -0.323 e. The van der Waals surface area contributed by atoms with Crippen LogP contribution in [0.15, 0.2) is 6.20 Å². The highest BCUT2D eigenvalue weighted by Crippen LogP contribution is 2.17. The molecule has 1 atom stereocenters. The average Bonchev–Trinajstić information content (AvgIpc) is 2.69. The molecule has 0 radical (unpaired) electrons. The van der Waals surface area contributed by atoms with E-state index in [1.165, 1.54) is 0 Å². The SMILES string of the molecule is CCCC(N)c1cn(C(CC)CC)nn1. The standard InChI is InChI=1S/C11H22N4/c1-4-7-10(12)11-8-15(14-13-11)9(5-2)6-3/h8-10H,4-7,12H2,1-3H3. The Morgan fingerprint density at radius 2 is 2.00 bits per heavy atom. The van der Waals surface area contributed by atoms with Crippen molar-refractivity contribution in [1.29, 1.82) is 0 Å². The van der Waals surface area contributed by atoms with E-state index in [1.54, 1.807) is 0 Å². The van der Waals surface area contributed by atoms with Crippen LogP contribution in [0.4, 0.5) is 0 Å². The van der Waals surface area contributed by atoms with E-state index in [4.69, 9.17) is 5.73 Å². The highest BCUT2D eigenvalue weighted by atomic mass is 15.4. The van der Waals surface area contributed by atoms with Gasteiger partial charge in [0.05, 0.1) is 24.0 Å². The Morgan fingerprint density at radius 3 is 2.53 bits per heavy atom. The number of hydrogen-bond donors (Lipinski definition) is 1. The molecule has 0 saturated carbocycles. The third-order valence-corrected chi connectivity index (χ3v) is 2.82. The largest absolute Gasteiger partial charge is 0.323 e. The van der Waals surface area contributed by atoms with Crippen molar-refractivity contribution in [3.63, 3.8) is 0 Å². The van der Waals surface area contributed by atoms with Crippen LogP contribution in [0.1, 0.15) is 64.2 Å². The van der Waals surface area contributed by atoms with Gasteiger partial charge in [0.15, 0.2) is 0 Å². The van der Waals surface area contributed by atoms with Crippen LogP contribution < -0.4 is 5.73 Å². The number of hydrogen-bond acceptors (Lipinski definition) is 3. The second kappa shape index (κ2) is 5.85. The Bertz CT molecular complexity index is 278. The third-order valence-electron chi connectivity index (χ3n) is 2.82. The van der Waals surface area contributed by atoms with Crippen LogP contribution in [0.2, 0.25) is 0 Å². The molecule has 1 unspecified atom stereocenters. The Balaban J connectivity index is 2.70. The van der Waals surface area contributed by atoms with E-state index in [9.17, 15) is 0 Å². The lowest BCUT2D eigenvalue weighted by Crippen LogP contribution is -2.10. The molecule has 0 fully saturated rings. The predicted octanol–water partition coefficient (Wildman–Crippen LogP) is 2.44. The fourth-order valence-electron chi connectivity index (χ4n) is 1.76. The molecule has 0 amide bonds. The van der Waals surface area contributed by atoms with E-state index >= 15 is 0 Å². The Morgan fingerprint density at radius 1 is 1.33 bits per heavy atom. The summed E-state index contributed by atoms with van der Waals surface area (Å²) in [6.07, 6.45) is 6.23. The minimum atomic E-state index is 0.0399. The normalized spacial score (nSPS) is 13.4. The monoisotopic (exact) mass is 210 g/mol. The average molecular weight is 210 g/mol. The highest BCUT2D eigenvalue weighted by Gasteiger charge is 2.13. The van der Waals surface area contributed by atoms with Gasteiger partial charge >= 0.3 is 0 Å². The lowest BCUT2D eigenvalue weighted by molar-refractivity contribution is 0.418. The molecule has 86 valence electrons. The van der Waals surface area contributed by atoms with Gasteiger partial charge in [-0.25, -0.2) is 4.68 Å². The van der Waals surface area contributed by atoms with Crippen LogP contribution in [-0.4, -0.2) is 15.0 Å².